The molecule has 0 saturated heterocycles. The van der Waals surface area contributed by atoms with Crippen molar-refractivity contribution in [2.45, 2.75) is 13.3 Å². The van der Waals surface area contributed by atoms with Crippen LogP contribution in [0.4, 0.5) is 15.8 Å². The number of carbonyl (C=O) groups excluding carboxylic acids is 1. The molecule has 0 aliphatic heterocycles. The van der Waals surface area contributed by atoms with Crippen molar-refractivity contribution in [2.24, 2.45) is 0 Å². The van der Waals surface area contributed by atoms with Crippen molar-refractivity contribution < 1.29 is 13.9 Å². The summed E-state index contributed by atoms with van der Waals surface area (Å²) in [4.78, 5) is 12.1. The van der Waals surface area contributed by atoms with Crippen LogP contribution < -0.4 is 15.8 Å². The highest BCUT2D eigenvalue weighted by Crippen LogP contribution is 2.23. The molecule has 2 aromatic rings. The van der Waals surface area contributed by atoms with Crippen LogP contribution in [0.2, 0.25) is 0 Å². The Labute approximate surface area is 122 Å². The van der Waals surface area contributed by atoms with Crippen LogP contribution in [0.5, 0.6) is 5.75 Å². The lowest BCUT2D eigenvalue weighted by Gasteiger charge is -2.10. The van der Waals surface area contributed by atoms with Gasteiger partial charge in [-0.05, 0) is 42.8 Å². The average Bonchev–Trinajstić information content (AvgIpc) is 2.46. The Morgan fingerprint density at radius 1 is 1.29 bits per heavy atom. The van der Waals surface area contributed by atoms with Gasteiger partial charge in [0.2, 0.25) is 0 Å². The second-order valence-electron chi connectivity index (χ2n) is 4.57. The molecule has 5 heteroatoms. The number of hydrogen-bond acceptors (Lipinski definition) is 3. The average molecular weight is 288 g/mol. The summed E-state index contributed by atoms with van der Waals surface area (Å²) in [7, 11) is 0. The highest BCUT2D eigenvalue weighted by molar-refractivity contribution is 6.05. The van der Waals surface area contributed by atoms with E-state index >= 15 is 0 Å². The Kier molecular flexibility index (Phi) is 4.77. The Bertz CT molecular complexity index is 644. The van der Waals surface area contributed by atoms with Crippen LogP contribution in [0.25, 0.3) is 0 Å². The van der Waals surface area contributed by atoms with E-state index in [0.717, 1.165) is 6.42 Å². The van der Waals surface area contributed by atoms with Gasteiger partial charge in [-0.3, -0.25) is 4.79 Å². The first-order valence-corrected chi connectivity index (χ1v) is 6.69. The number of carbonyl (C=O) groups is 1. The van der Waals surface area contributed by atoms with E-state index in [1.807, 2.05) is 6.92 Å². The molecule has 0 aromatic heterocycles. The molecule has 4 nitrogen and oxygen atoms in total. The predicted octanol–water partition coefficient (Wildman–Crippen LogP) is 3.45. The van der Waals surface area contributed by atoms with E-state index < -0.39 is 5.82 Å². The lowest BCUT2D eigenvalue weighted by molar-refractivity contribution is 0.102. The summed E-state index contributed by atoms with van der Waals surface area (Å²) in [5.41, 5.74) is 7.03. The van der Waals surface area contributed by atoms with Crippen molar-refractivity contribution in [3.63, 3.8) is 0 Å². The third kappa shape index (κ3) is 3.95. The smallest absolute Gasteiger partial charge is 0.255 e. The zero-order valence-electron chi connectivity index (χ0n) is 11.7. The van der Waals surface area contributed by atoms with E-state index in [1.165, 1.54) is 18.2 Å². The molecule has 110 valence electrons. The normalized spacial score (nSPS) is 10.2. The van der Waals surface area contributed by atoms with Crippen LogP contribution >= 0.6 is 0 Å². The molecule has 0 atom stereocenters. The predicted molar refractivity (Wildman–Crippen MR) is 81.0 cm³/mol. The number of anilines is 2. The minimum absolute atomic E-state index is 0.352. The number of nitrogens with one attached hydrogen (secondary N) is 1. The van der Waals surface area contributed by atoms with Gasteiger partial charge >= 0.3 is 0 Å². The van der Waals surface area contributed by atoms with Crippen molar-refractivity contribution in [3.8, 4) is 5.75 Å². The molecule has 1 amide bonds. The second-order valence-corrected chi connectivity index (χ2v) is 4.57. The van der Waals surface area contributed by atoms with Crippen LogP contribution in [-0.4, -0.2) is 12.5 Å². The van der Waals surface area contributed by atoms with Crippen LogP contribution in [0.1, 0.15) is 23.7 Å². The largest absolute Gasteiger partial charge is 0.491 e. The number of rotatable bonds is 5. The van der Waals surface area contributed by atoms with Gasteiger partial charge < -0.3 is 15.8 Å². The van der Waals surface area contributed by atoms with Crippen LogP contribution in [0, 0.1) is 5.82 Å². The van der Waals surface area contributed by atoms with Crippen molar-refractivity contribution in [2.75, 3.05) is 17.7 Å². The fraction of sp³-hybridized carbons (Fsp3) is 0.188. The minimum Gasteiger partial charge on any atom is -0.491 e. The number of amides is 1. The lowest BCUT2D eigenvalue weighted by Crippen LogP contribution is -2.12. The first kappa shape index (κ1) is 14.8. The molecule has 0 aliphatic carbocycles. The van der Waals surface area contributed by atoms with Crippen LogP contribution in [0.15, 0.2) is 42.5 Å². The molecule has 0 heterocycles. The van der Waals surface area contributed by atoms with E-state index in [0.29, 0.717) is 29.3 Å². The van der Waals surface area contributed by atoms with Gasteiger partial charge in [-0.2, -0.15) is 0 Å². The summed E-state index contributed by atoms with van der Waals surface area (Å²) in [6, 6.07) is 10.5. The van der Waals surface area contributed by atoms with E-state index in [2.05, 4.69) is 5.32 Å². The van der Waals surface area contributed by atoms with Gasteiger partial charge in [0.25, 0.3) is 5.91 Å². The Hall–Kier alpha value is -2.56. The highest BCUT2D eigenvalue weighted by atomic mass is 19.1. The summed E-state index contributed by atoms with van der Waals surface area (Å²) < 4.78 is 18.5. The summed E-state index contributed by atoms with van der Waals surface area (Å²) in [5, 5.41) is 2.61. The first-order valence-electron chi connectivity index (χ1n) is 6.69. The van der Waals surface area contributed by atoms with Gasteiger partial charge in [0, 0.05) is 11.3 Å². The SMILES string of the molecule is CCCOc1ccc(C(=O)Nc2cccc(F)c2)cc1N. The van der Waals surface area contributed by atoms with Crippen molar-refractivity contribution in [3.05, 3.63) is 53.8 Å². The van der Waals surface area contributed by atoms with Gasteiger partial charge in [0.05, 0.1) is 12.3 Å². The summed E-state index contributed by atoms with van der Waals surface area (Å²) >= 11 is 0. The maximum Gasteiger partial charge on any atom is 0.255 e. The molecule has 2 rings (SSSR count). The maximum absolute atomic E-state index is 13.1. The third-order valence-electron chi connectivity index (χ3n) is 2.82. The van der Waals surface area contributed by atoms with E-state index in [1.54, 1.807) is 24.3 Å². The van der Waals surface area contributed by atoms with Gasteiger partial charge in [0.1, 0.15) is 11.6 Å². The molecular formula is C16H17FN2O2. The number of nitrogen functional groups attached to an aromatic ring is 1. The molecule has 3 N–H and O–H groups in total. The summed E-state index contributed by atoms with van der Waals surface area (Å²) in [6.45, 7) is 2.57. The van der Waals surface area contributed by atoms with Crippen LogP contribution in [-0.2, 0) is 0 Å². The molecular weight excluding hydrogens is 271 g/mol. The third-order valence-corrected chi connectivity index (χ3v) is 2.82. The summed E-state index contributed by atoms with van der Waals surface area (Å²) in [6.07, 6.45) is 0.876. The van der Waals surface area contributed by atoms with E-state index in [-0.39, 0.29) is 5.91 Å². The van der Waals surface area contributed by atoms with Gasteiger partial charge in [-0.15, -0.1) is 0 Å². The van der Waals surface area contributed by atoms with Crippen molar-refractivity contribution in [1.82, 2.24) is 0 Å². The van der Waals surface area contributed by atoms with Gasteiger partial charge in [-0.1, -0.05) is 13.0 Å². The second kappa shape index (κ2) is 6.74. The quantitative estimate of drug-likeness (QED) is 0.828. The monoisotopic (exact) mass is 288 g/mol. The standard InChI is InChI=1S/C16H17FN2O2/c1-2-8-21-15-7-6-11(9-14(15)18)16(20)19-13-5-3-4-12(17)10-13/h3-7,9-10H,2,8,18H2,1H3,(H,19,20). The summed E-state index contributed by atoms with van der Waals surface area (Å²) in [5.74, 6) is -0.205. The highest BCUT2D eigenvalue weighted by Gasteiger charge is 2.09. The fourth-order valence-electron chi connectivity index (χ4n) is 1.80. The number of halogens is 1. The molecule has 0 radical (unpaired) electrons. The van der Waals surface area contributed by atoms with Crippen molar-refractivity contribution in [1.29, 1.82) is 0 Å². The van der Waals surface area contributed by atoms with E-state index in [4.69, 9.17) is 10.5 Å². The van der Waals surface area contributed by atoms with Crippen LogP contribution in [0.3, 0.4) is 0 Å². The molecule has 21 heavy (non-hydrogen) atoms. The number of ether oxygens (including phenoxy) is 1. The molecule has 0 aliphatic rings. The molecule has 2 aromatic carbocycles. The maximum atomic E-state index is 13.1. The zero-order valence-corrected chi connectivity index (χ0v) is 11.7. The molecule has 0 saturated carbocycles. The number of nitrogens with two attached hydrogens (primary N) is 1. The first-order chi connectivity index (χ1) is 10.1. The molecule has 0 bridgehead atoms. The molecule has 0 spiro atoms. The topological polar surface area (TPSA) is 64.3 Å². The Morgan fingerprint density at radius 3 is 2.76 bits per heavy atom. The lowest BCUT2D eigenvalue weighted by atomic mass is 10.1. The number of benzene rings is 2. The van der Waals surface area contributed by atoms with Gasteiger partial charge in [-0.25, -0.2) is 4.39 Å². The number of hydrogen-bond donors (Lipinski definition) is 2. The Balaban J connectivity index is 2.11. The van der Waals surface area contributed by atoms with E-state index in [9.17, 15) is 9.18 Å². The zero-order chi connectivity index (χ0) is 15.2. The van der Waals surface area contributed by atoms with Crippen molar-refractivity contribution >= 4 is 17.3 Å². The molecule has 0 unspecified atom stereocenters. The Morgan fingerprint density at radius 2 is 2.10 bits per heavy atom. The fourth-order valence-corrected chi connectivity index (χ4v) is 1.80. The molecule has 0 fully saturated rings. The minimum atomic E-state index is -0.407. The van der Waals surface area contributed by atoms with Gasteiger partial charge in [0.15, 0.2) is 0 Å².